The molecule has 0 saturated heterocycles. The molecule has 31 heavy (non-hydrogen) atoms. The van der Waals surface area contributed by atoms with E-state index in [4.69, 9.17) is 4.42 Å². The fraction of sp³-hybridized carbons (Fsp3) is 0.440. The van der Waals surface area contributed by atoms with Gasteiger partial charge < -0.3 is 14.6 Å². The Morgan fingerprint density at radius 2 is 1.87 bits per heavy atom. The maximum Gasteiger partial charge on any atom is 0.417 e. The normalized spacial score (nSPS) is 13.6. The molecule has 3 rings (SSSR count). The highest BCUT2D eigenvalue weighted by molar-refractivity contribution is 5.77. The molecule has 1 heterocycles. The topological polar surface area (TPSA) is 78.3 Å². The Balaban J connectivity index is 1.61. The predicted octanol–water partition coefficient (Wildman–Crippen LogP) is 3.93. The Morgan fingerprint density at radius 1 is 1.13 bits per heavy atom. The third-order valence-corrected chi connectivity index (χ3v) is 5.68. The molecule has 0 fully saturated rings. The van der Waals surface area contributed by atoms with Crippen LogP contribution < -0.4 is 11.1 Å². The first-order valence-electron chi connectivity index (χ1n) is 10.9. The quantitative estimate of drug-likeness (QED) is 0.518. The number of benzene rings is 2. The van der Waals surface area contributed by atoms with Gasteiger partial charge in [-0.25, -0.2) is 4.79 Å². The van der Waals surface area contributed by atoms with Crippen LogP contribution in [0.3, 0.4) is 0 Å². The molecule has 2 aromatic carbocycles. The number of fused-ring (bicyclic) bond motifs is 1. The van der Waals surface area contributed by atoms with Crippen LogP contribution in [0.5, 0.6) is 0 Å². The standard InChI is InChI=1S/C25H33N3O3/c1-17(2)12-20(19-8-6-5-7-9-19)15-24(29)26-16-21(28(3)4)13-18-10-11-22-23(14-18)31-25(30)27-22/h5-11,14,17,20-21H,12-13,15-16H2,1-4H3,(H,26,29)(H,27,30)/t20-,21+/m1/s1. The zero-order valence-corrected chi connectivity index (χ0v) is 18.9. The molecule has 0 aliphatic rings. The minimum Gasteiger partial charge on any atom is -0.408 e. The molecule has 0 aliphatic heterocycles. The van der Waals surface area contributed by atoms with Gasteiger partial charge >= 0.3 is 5.76 Å². The van der Waals surface area contributed by atoms with Crippen LogP contribution in [-0.4, -0.2) is 42.5 Å². The number of carbonyl (C=O) groups is 1. The molecule has 0 spiro atoms. The number of nitrogens with one attached hydrogen (secondary N) is 2. The van der Waals surface area contributed by atoms with Gasteiger partial charge in [-0.15, -0.1) is 0 Å². The van der Waals surface area contributed by atoms with Crippen molar-refractivity contribution in [1.29, 1.82) is 0 Å². The van der Waals surface area contributed by atoms with E-state index in [9.17, 15) is 9.59 Å². The van der Waals surface area contributed by atoms with Crippen molar-refractivity contribution in [3.63, 3.8) is 0 Å². The first-order chi connectivity index (χ1) is 14.8. The van der Waals surface area contributed by atoms with Crippen molar-refractivity contribution in [3.05, 3.63) is 70.2 Å². The van der Waals surface area contributed by atoms with Gasteiger partial charge in [0.15, 0.2) is 5.58 Å². The number of hydrogen-bond acceptors (Lipinski definition) is 4. The summed E-state index contributed by atoms with van der Waals surface area (Å²) in [4.78, 5) is 28.9. The van der Waals surface area contributed by atoms with Crippen LogP contribution in [0.1, 0.15) is 43.7 Å². The van der Waals surface area contributed by atoms with Gasteiger partial charge in [-0.2, -0.15) is 0 Å². The summed E-state index contributed by atoms with van der Waals surface area (Å²) in [6.07, 6.45) is 2.21. The number of aromatic amines is 1. The van der Waals surface area contributed by atoms with E-state index in [0.29, 0.717) is 30.0 Å². The number of amides is 1. The van der Waals surface area contributed by atoms with E-state index in [1.807, 2.05) is 50.5 Å². The number of hydrogen-bond donors (Lipinski definition) is 2. The molecule has 6 nitrogen and oxygen atoms in total. The zero-order chi connectivity index (χ0) is 22.4. The van der Waals surface area contributed by atoms with Crippen LogP contribution in [0.25, 0.3) is 11.1 Å². The van der Waals surface area contributed by atoms with E-state index < -0.39 is 5.76 Å². The number of likely N-dealkylation sites (N-methyl/N-ethyl adjacent to an activating group) is 1. The first-order valence-corrected chi connectivity index (χ1v) is 10.9. The number of nitrogens with zero attached hydrogens (tertiary/aromatic N) is 1. The fourth-order valence-corrected chi connectivity index (χ4v) is 3.99. The van der Waals surface area contributed by atoms with Gasteiger partial charge in [0.25, 0.3) is 0 Å². The SMILES string of the molecule is CC(C)C[C@H](CC(=O)NC[C@H](Cc1ccc2[nH]c(=O)oc2c1)N(C)C)c1ccccc1. The second-order valence-electron chi connectivity index (χ2n) is 8.91. The van der Waals surface area contributed by atoms with Gasteiger partial charge in [-0.3, -0.25) is 9.78 Å². The lowest BCUT2D eigenvalue weighted by Gasteiger charge is -2.25. The minimum absolute atomic E-state index is 0.0773. The Kier molecular flexibility index (Phi) is 7.69. The second-order valence-corrected chi connectivity index (χ2v) is 8.91. The average molecular weight is 424 g/mol. The van der Waals surface area contributed by atoms with Gasteiger partial charge in [0, 0.05) is 19.0 Å². The maximum absolute atomic E-state index is 12.8. The summed E-state index contributed by atoms with van der Waals surface area (Å²) < 4.78 is 5.17. The van der Waals surface area contributed by atoms with Gasteiger partial charge in [0.2, 0.25) is 5.91 Å². The minimum atomic E-state index is -0.446. The van der Waals surface area contributed by atoms with Crippen molar-refractivity contribution < 1.29 is 9.21 Å². The Hall–Kier alpha value is -2.86. The summed E-state index contributed by atoms with van der Waals surface area (Å²) in [6.45, 7) is 4.95. The number of oxazole rings is 1. The molecule has 1 aromatic heterocycles. The summed E-state index contributed by atoms with van der Waals surface area (Å²) in [5, 5.41) is 3.14. The van der Waals surface area contributed by atoms with Crippen LogP contribution in [0.4, 0.5) is 0 Å². The highest BCUT2D eigenvalue weighted by Crippen LogP contribution is 2.27. The maximum atomic E-state index is 12.8. The van der Waals surface area contributed by atoms with Crippen LogP contribution in [0.2, 0.25) is 0 Å². The second kappa shape index (κ2) is 10.4. The largest absolute Gasteiger partial charge is 0.417 e. The summed E-state index contributed by atoms with van der Waals surface area (Å²) in [6, 6.07) is 16.2. The molecule has 0 saturated carbocycles. The molecule has 166 valence electrons. The monoisotopic (exact) mass is 423 g/mol. The smallest absolute Gasteiger partial charge is 0.408 e. The molecular formula is C25H33N3O3. The molecule has 0 radical (unpaired) electrons. The van der Waals surface area contributed by atoms with Crippen LogP contribution in [0.15, 0.2) is 57.7 Å². The van der Waals surface area contributed by atoms with E-state index in [1.165, 1.54) is 5.56 Å². The molecule has 2 atom stereocenters. The molecule has 3 aromatic rings. The molecule has 0 aliphatic carbocycles. The molecule has 0 bridgehead atoms. The van der Waals surface area contributed by atoms with Crippen molar-refractivity contribution in [1.82, 2.24) is 15.2 Å². The highest BCUT2D eigenvalue weighted by atomic mass is 16.4. The molecule has 0 unspecified atom stereocenters. The number of H-pyrrole nitrogens is 1. The van der Waals surface area contributed by atoms with Crippen molar-refractivity contribution >= 4 is 17.0 Å². The van der Waals surface area contributed by atoms with Crippen molar-refractivity contribution in [3.8, 4) is 0 Å². The molecular weight excluding hydrogens is 390 g/mol. The van der Waals surface area contributed by atoms with Gasteiger partial charge in [0.1, 0.15) is 0 Å². The zero-order valence-electron chi connectivity index (χ0n) is 18.9. The summed E-state index contributed by atoms with van der Waals surface area (Å²) >= 11 is 0. The predicted molar refractivity (Wildman–Crippen MR) is 124 cm³/mol. The summed E-state index contributed by atoms with van der Waals surface area (Å²) in [5.41, 5.74) is 3.53. The lowest BCUT2D eigenvalue weighted by molar-refractivity contribution is -0.121. The van der Waals surface area contributed by atoms with Gasteiger partial charge in [0.05, 0.1) is 5.52 Å². The summed E-state index contributed by atoms with van der Waals surface area (Å²) in [5.74, 6) is 0.375. The average Bonchev–Trinajstić information content (AvgIpc) is 3.10. The van der Waals surface area contributed by atoms with Crippen molar-refractivity contribution in [2.24, 2.45) is 5.92 Å². The van der Waals surface area contributed by atoms with E-state index in [-0.39, 0.29) is 17.9 Å². The first kappa shape index (κ1) is 22.8. The number of rotatable bonds is 10. The molecule has 6 heteroatoms. The molecule has 1 amide bonds. The van der Waals surface area contributed by atoms with Gasteiger partial charge in [-0.1, -0.05) is 50.2 Å². The third-order valence-electron chi connectivity index (χ3n) is 5.68. The van der Waals surface area contributed by atoms with Crippen molar-refractivity contribution in [2.45, 2.75) is 45.1 Å². The van der Waals surface area contributed by atoms with E-state index in [0.717, 1.165) is 18.4 Å². The van der Waals surface area contributed by atoms with Crippen molar-refractivity contribution in [2.75, 3.05) is 20.6 Å². The Bertz CT molecular complexity index is 1040. The van der Waals surface area contributed by atoms with Gasteiger partial charge in [-0.05, 0) is 62.0 Å². The Labute approximate surface area is 183 Å². The van der Waals surface area contributed by atoms with E-state index in [2.05, 4.69) is 41.2 Å². The van der Waals surface area contributed by atoms with Crippen LogP contribution >= 0.6 is 0 Å². The Morgan fingerprint density at radius 3 is 2.55 bits per heavy atom. The third kappa shape index (κ3) is 6.56. The van der Waals surface area contributed by atoms with Crippen LogP contribution in [-0.2, 0) is 11.2 Å². The van der Waals surface area contributed by atoms with E-state index >= 15 is 0 Å². The fourth-order valence-electron chi connectivity index (χ4n) is 3.99. The van der Waals surface area contributed by atoms with E-state index in [1.54, 1.807) is 0 Å². The lowest BCUT2D eigenvalue weighted by atomic mass is 9.87. The summed E-state index contributed by atoms with van der Waals surface area (Å²) in [7, 11) is 4.02. The molecule has 2 N–H and O–H groups in total. The van der Waals surface area contributed by atoms with Crippen LogP contribution in [0, 0.1) is 5.92 Å². The number of carbonyl (C=O) groups excluding carboxylic acids is 1. The highest BCUT2D eigenvalue weighted by Gasteiger charge is 2.19. The lowest BCUT2D eigenvalue weighted by Crippen LogP contribution is -2.41. The number of aromatic nitrogens is 1.